The third kappa shape index (κ3) is 2.20. The molecule has 0 N–H and O–H groups in total. The summed E-state index contributed by atoms with van der Waals surface area (Å²) in [6.07, 6.45) is 6.88. The highest BCUT2D eigenvalue weighted by atomic mass is 16.5. The topological polar surface area (TPSA) is 81.8 Å². The number of carbonyl (C=O) groups excluding carboxylic acids is 1. The van der Waals surface area contributed by atoms with Crippen LogP contribution in [-0.2, 0) is 11.2 Å². The zero-order valence-corrected chi connectivity index (χ0v) is 9.04. The van der Waals surface area contributed by atoms with Crippen molar-refractivity contribution in [2.24, 2.45) is 5.92 Å². The molecule has 2 heterocycles. The Balaban J connectivity index is 1.76. The average molecular weight is 230 g/mol. The van der Waals surface area contributed by atoms with Crippen LogP contribution >= 0.6 is 0 Å². The van der Waals surface area contributed by atoms with Crippen molar-refractivity contribution < 1.29 is 9.32 Å². The molecule has 0 radical (unpaired) electrons. The van der Waals surface area contributed by atoms with E-state index in [1.54, 1.807) is 18.6 Å². The van der Waals surface area contributed by atoms with Gasteiger partial charge in [-0.3, -0.25) is 9.78 Å². The van der Waals surface area contributed by atoms with Crippen LogP contribution in [-0.4, -0.2) is 25.9 Å². The number of hydrogen-bond donors (Lipinski definition) is 0. The van der Waals surface area contributed by atoms with Gasteiger partial charge in [0.25, 0.3) is 0 Å². The zero-order valence-electron chi connectivity index (χ0n) is 9.04. The van der Waals surface area contributed by atoms with Gasteiger partial charge < -0.3 is 4.52 Å². The lowest BCUT2D eigenvalue weighted by molar-refractivity contribution is -0.119. The number of Topliss-reactive ketones (excluding diaryl/α,β-unsaturated/α-hetero) is 1. The number of rotatable bonds is 4. The maximum Gasteiger partial charge on any atom is 0.234 e. The molecule has 0 spiro atoms. The van der Waals surface area contributed by atoms with E-state index in [4.69, 9.17) is 4.52 Å². The van der Waals surface area contributed by atoms with Crippen molar-refractivity contribution in [3.05, 3.63) is 24.5 Å². The standard InChI is InChI=1S/C11H10N4O2/c16-9(7-1-2-7)5-10-14-11(15-17-10)8-6-12-3-4-13-8/h3-4,6-7H,1-2,5H2. The van der Waals surface area contributed by atoms with E-state index in [9.17, 15) is 4.79 Å². The SMILES string of the molecule is O=C(Cc1nc(-c2cnccn2)no1)C1CC1. The van der Waals surface area contributed by atoms with E-state index in [0.29, 0.717) is 17.4 Å². The summed E-state index contributed by atoms with van der Waals surface area (Å²) in [6, 6.07) is 0. The Morgan fingerprint density at radius 1 is 1.41 bits per heavy atom. The third-order valence-corrected chi connectivity index (χ3v) is 2.62. The molecule has 0 aliphatic heterocycles. The van der Waals surface area contributed by atoms with E-state index < -0.39 is 0 Å². The van der Waals surface area contributed by atoms with Gasteiger partial charge in [-0.1, -0.05) is 5.16 Å². The van der Waals surface area contributed by atoms with Gasteiger partial charge in [-0.15, -0.1) is 0 Å². The van der Waals surface area contributed by atoms with E-state index in [0.717, 1.165) is 12.8 Å². The summed E-state index contributed by atoms with van der Waals surface area (Å²) in [4.78, 5) is 23.7. The molecular weight excluding hydrogens is 220 g/mol. The minimum absolute atomic E-state index is 0.180. The highest BCUT2D eigenvalue weighted by Gasteiger charge is 2.30. The molecule has 1 aliphatic carbocycles. The second-order valence-corrected chi connectivity index (χ2v) is 4.02. The molecule has 6 heteroatoms. The van der Waals surface area contributed by atoms with Gasteiger partial charge in [0.1, 0.15) is 11.5 Å². The summed E-state index contributed by atoms with van der Waals surface area (Å²) in [5.41, 5.74) is 0.543. The summed E-state index contributed by atoms with van der Waals surface area (Å²) >= 11 is 0. The second kappa shape index (κ2) is 4.04. The summed E-state index contributed by atoms with van der Waals surface area (Å²) in [5.74, 6) is 1.11. The Hall–Kier alpha value is -2.11. The van der Waals surface area contributed by atoms with Crippen molar-refractivity contribution >= 4 is 5.78 Å². The Kier molecular flexibility index (Phi) is 2.40. The molecule has 1 aliphatic rings. The highest BCUT2D eigenvalue weighted by molar-refractivity contribution is 5.84. The van der Waals surface area contributed by atoms with Crippen LogP contribution in [0.25, 0.3) is 11.5 Å². The van der Waals surface area contributed by atoms with E-state index in [2.05, 4.69) is 20.1 Å². The molecule has 3 rings (SSSR count). The average Bonchev–Trinajstić information content (AvgIpc) is 3.12. The van der Waals surface area contributed by atoms with Crippen molar-refractivity contribution in [3.63, 3.8) is 0 Å². The maximum absolute atomic E-state index is 11.6. The van der Waals surface area contributed by atoms with E-state index >= 15 is 0 Å². The Morgan fingerprint density at radius 2 is 2.29 bits per heavy atom. The molecule has 1 fully saturated rings. The third-order valence-electron chi connectivity index (χ3n) is 2.62. The Labute approximate surface area is 97.1 Å². The minimum Gasteiger partial charge on any atom is -0.338 e. The van der Waals surface area contributed by atoms with Crippen LogP contribution in [0.4, 0.5) is 0 Å². The van der Waals surface area contributed by atoms with Gasteiger partial charge in [0.05, 0.1) is 12.6 Å². The lowest BCUT2D eigenvalue weighted by Crippen LogP contribution is -2.04. The van der Waals surface area contributed by atoms with Crippen LogP contribution in [0, 0.1) is 5.92 Å². The van der Waals surface area contributed by atoms with E-state index in [1.165, 1.54) is 0 Å². The monoisotopic (exact) mass is 230 g/mol. The number of hydrogen-bond acceptors (Lipinski definition) is 6. The molecule has 1 saturated carbocycles. The van der Waals surface area contributed by atoms with Crippen LogP contribution < -0.4 is 0 Å². The Morgan fingerprint density at radius 3 is 3.00 bits per heavy atom. The van der Waals surface area contributed by atoms with Gasteiger partial charge in [0, 0.05) is 18.3 Å². The molecule has 0 atom stereocenters. The van der Waals surface area contributed by atoms with Gasteiger partial charge in [-0.05, 0) is 12.8 Å². The quantitative estimate of drug-likeness (QED) is 0.780. The zero-order chi connectivity index (χ0) is 11.7. The van der Waals surface area contributed by atoms with Gasteiger partial charge in [-0.25, -0.2) is 4.98 Å². The fourth-order valence-electron chi connectivity index (χ4n) is 1.54. The summed E-state index contributed by atoms with van der Waals surface area (Å²) in [6.45, 7) is 0. The van der Waals surface area contributed by atoms with Crippen molar-refractivity contribution in [3.8, 4) is 11.5 Å². The molecule has 0 bridgehead atoms. The fraction of sp³-hybridized carbons (Fsp3) is 0.364. The molecule has 17 heavy (non-hydrogen) atoms. The minimum atomic E-state index is 0.180. The van der Waals surface area contributed by atoms with Gasteiger partial charge in [0.15, 0.2) is 0 Å². The summed E-state index contributed by atoms with van der Waals surface area (Å²) < 4.78 is 5.02. The molecule has 0 amide bonds. The molecule has 6 nitrogen and oxygen atoms in total. The molecule has 2 aromatic rings. The van der Waals surface area contributed by atoms with Crippen LogP contribution in [0.1, 0.15) is 18.7 Å². The first-order chi connectivity index (χ1) is 8.33. The van der Waals surface area contributed by atoms with Crippen molar-refractivity contribution in [1.82, 2.24) is 20.1 Å². The molecule has 0 aromatic carbocycles. The largest absolute Gasteiger partial charge is 0.338 e. The van der Waals surface area contributed by atoms with E-state index in [-0.39, 0.29) is 18.1 Å². The number of carbonyl (C=O) groups is 1. The first kappa shape index (κ1) is 10.1. The molecule has 0 saturated heterocycles. The molecular formula is C11H10N4O2. The highest BCUT2D eigenvalue weighted by Crippen LogP contribution is 2.30. The normalized spacial score (nSPS) is 14.8. The lowest BCUT2D eigenvalue weighted by atomic mass is 10.2. The maximum atomic E-state index is 11.6. The first-order valence-corrected chi connectivity index (χ1v) is 5.44. The van der Waals surface area contributed by atoms with Crippen LogP contribution in [0.2, 0.25) is 0 Å². The van der Waals surface area contributed by atoms with Crippen molar-refractivity contribution in [2.75, 3.05) is 0 Å². The van der Waals surface area contributed by atoms with Crippen molar-refractivity contribution in [1.29, 1.82) is 0 Å². The predicted octanol–water partition coefficient (Wildman–Crippen LogP) is 1.05. The smallest absolute Gasteiger partial charge is 0.234 e. The van der Waals surface area contributed by atoms with Crippen LogP contribution in [0.5, 0.6) is 0 Å². The molecule has 2 aromatic heterocycles. The second-order valence-electron chi connectivity index (χ2n) is 4.02. The van der Waals surface area contributed by atoms with Gasteiger partial charge in [-0.2, -0.15) is 4.98 Å². The van der Waals surface area contributed by atoms with E-state index in [1.807, 2.05) is 0 Å². The van der Waals surface area contributed by atoms with Crippen LogP contribution in [0.3, 0.4) is 0 Å². The van der Waals surface area contributed by atoms with Gasteiger partial charge in [0.2, 0.25) is 11.7 Å². The number of aromatic nitrogens is 4. The summed E-state index contributed by atoms with van der Waals surface area (Å²) in [7, 11) is 0. The van der Waals surface area contributed by atoms with Crippen molar-refractivity contribution in [2.45, 2.75) is 19.3 Å². The Bertz CT molecular complexity index is 533. The van der Waals surface area contributed by atoms with Crippen LogP contribution in [0.15, 0.2) is 23.1 Å². The lowest BCUT2D eigenvalue weighted by Gasteiger charge is -1.91. The fourth-order valence-corrected chi connectivity index (χ4v) is 1.54. The first-order valence-electron chi connectivity index (χ1n) is 5.44. The molecule has 86 valence electrons. The number of nitrogens with zero attached hydrogens (tertiary/aromatic N) is 4. The summed E-state index contributed by atoms with van der Waals surface area (Å²) in [5, 5.41) is 3.78. The predicted molar refractivity (Wildman–Crippen MR) is 56.8 cm³/mol. The van der Waals surface area contributed by atoms with Gasteiger partial charge >= 0.3 is 0 Å². The number of ketones is 1. The molecule has 0 unspecified atom stereocenters.